The van der Waals surface area contributed by atoms with Gasteiger partial charge in [0.05, 0.1) is 14.2 Å². The van der Waals surface area contributed by atoms with Gasteiger partial charge in [-0.2, -0.15) is 0 Å². The summed E-state index contributed by atoms with van der Waals surface area (Å²) in [5.74, 6) is 2.01. The predicted octanol–water partition coefficient (Wildman–Crippen LogP) is 4.72. The highest BCUT2D eigenvalue weighted by molar-refractivity contribution is 5.52. The lowest BCUT2D eigenvalue weighted by atomic mass is 9.89. The molecule has 2 aromatic carbocycles. The number of nitrogens with zero attached hydrogens (tertiary/aromatic N) is 2. The van der Waals surface area contributed by atoms with Crippen LogP contribution in [0.5, 0.6) is 11.5 Å². The van der Waals surface area contributed by atoms with E-state index in [1.54, 1.807) is 20.3 Å². The summed E-state index contributed by atoms with van der Waals surface area (Å²) < 4.78 is 25.0. The average molecular weight is 399 g/mol. The number of anilines is 1. The van der Waals surface area contributed by atoms with Gasteiger partial charge in [-0.3, -0.25) is 4.90 Å². The Kier molecular flexibility index (Phi) is 5.43. The number of fused-ring (bicyclic) bond motifs is 1. The molecule has 156 valence electrons. The van der Waals surface area contributed by atoms with Gasteiger partial charge in [0.15, 0.2) is 11.5 Å². The fourth-order valence-corrected chi connectivity index (χ4v) is 5.45. The Morgan fingerprint density at radius 3 is 2.62 bits per heavy atom. The quantitative estimate of drug-likeness (QED) is 0.727. The van der Waals surface area contributed by atoms with Crippen LogP contribution in [0.4, 0.5) is 10.1 Å². The van der Waals surface area contributed by atoms with Crippen molar-refractivity contribution in [3.05, 3.63) is 53.8 Å². The number of para-hydroxylation sites is 1. The van der Waals surface area contributed by atoms with E-state index in [0.29, 0.717) is 12.0 Å². The Hall–Kier alpha value is -2.27. The van der Waals surface area contributed by atoms with Crippen LogP contribution in [0.15, 0.2) is 42.5 Å². The molecule has 0 N–H and O–H groups in total. The first-order chi connectivity index (χ1) is 13.9. The van der Waals surface area contributed by atoms with Crippen LogP contribution in [0.3, 0.4) is 0 Å². The molecule has 0 amide bonds. The van der Waals surface area contributed by atoms with Crippen molar-refractivity contribution in [1.82, 2.24) is 4.90 Å². The summed E-state index contributed by atoms with van der Waals surface area (Å²) in [6.45, 7) is 7.48. The van der Waals surface area contributed by atoms with Crippen molar-refractivity contribution < 1.29 is 13.9 Å². The summed E-state index contributed by atoms with van der Waals surface area (Å²) in [7, 11) is 3.37. The van der Waals surface area contributed by atoms with Crippen LogP contribution in [0.1, 0.15) is 32.3 Å². The second-order valence-corrected chi connectivity index (χ2v) is 8.87. The molecule has 5 heteroatoms. The Morgan fingerprint density at radius 1 is 1.10 bits per heavy atom. The Labute approximate surface area is 173 Å². The molecule has 2 atom stereocenters. The molecule has 0 bridgehead atoms. The minimum absolute atomic E-state index is 0.0206. The molecular weight excluding hydrogens is 367 g/mol. The van der Waals surface area contributed by atoms with Gasteiger partial charge in [-0.25, -0.2) is 4.39 Å². The van der Waals surface area contributed by atoms with E-state index in [1.165, 1.54) is 6.07 Å². The number of ether oxygens (including phenoxy) is 2. The van der Waals surface area contributed by atoms with E-state index < -0.39 is 0 Å². The van der Waals surface area contributed by atoms with Crippen LogP contribution in [0, 0.1) is 11.7 Å². The summed E-state index contributed by atoms with van der Waals surface area (Å²) >= 11 is 0. The first-order valence-corrected chi connectivity index (χ1v) is 10.4. The molecular formula is C24H31FN2O2. The van der Waals surface area contributed by atoms with E-state index in [0.717, 1.165) is 55.2 Å². The van der Waals surface area contributed by atoms with Gasteiger partial charge < -0.3 is 14.4 Å². The second kappa shape index (κ2) is 7.86. The van der Waals surface area contributed by atoms with Crippen LogP contribution in [0.25, 0.3) is 0 Å². The summed E-state index contributed by atoms with van der Waals surface area (Å²) in [6.07, 6.45) is 2.19. The number of benzene rings is 2. The molecule has 2 heterocycles. The topological polar surface area (TPSA) is 24.9 Å². The van der Waals surface area contributed by atoms with E-state index in [9.17, 15) is 4.39 Å². The molecule has 2 saturated heterocycles. The maximum atomic E-state index is 13.9. The minimum atomic E-state index is -0.163. The first-order valence-electron chi connectivity index (χ1n) is 10.4. The van der Waals surface area contributed by atoms with Crippen molar-refractivity contribution >= 4 is 5.69 Å². The highest BCUT2D eigenvalue weighted by Gasteiger charge is 2.48. The van der Waals surface area contributed by atoms with Crippen molar-refractivity contribution in [2.45, 2.75) is 44.8 Å². The van der Waals surface area contributed by atoms with Gasteiger partial charge in [-0.05, 0) is 56.9 Å². The maximum Gasteiger partial charge on any atom is 0.165 e. The Morgan fingerprint density at radius 2 is 1.90 bits per heavy atom. The number of likely N-dealkylation sites (tertiary alicyclic amines) is 1. The zero-order valence-electron chi connectivity index (χ0n) is 17.8. The van der Waals surface area contributed by atoms with E-state index in [-0.39, 0.29) is 11.4 Å². The van der Waals surface area contributed by atoms with Gasteiger partial charge in [0.2, 0.25) is 0 Å². The fraction of sp³-hybridized carbons (Fsp3) is 0.500. The van der Waals surface area contributed by atoms with Crippen molar-refractivity contribution in [3.63, 3.8) is 0 Å². The Balaban J connectivity index is 1.52. The van der Waals surface area contributed by atoms with Gasteiger partial charge in [0, 0.05) is 42.5 Å². The summed E-state index contributed by atoms with van der Waals surface area (Å²) in [5, 5.41) is 0. The van der Waals surface area contributed by atoms with E-state index in [1.807, 2.05) is 24.3 Å². The molecule has 4 rings (SSSR count). The number of halogens is 1. The monoisotopic (exact) mass is 398 g/mol. The zero-order chi connectivity index (χ0) is 20.6. The normalized spacial score (nSPS) is 23.7. The van der Waals surface area contributed by atoms with Gasteiger partial charge in [-0.15, -0.1) is 0 Å². The van der Waals surface area contributed by atoms with Crippen molar-refractivity contribution in [3.8, 4) is 11.5 Å². The van der Waals surface area contributed by atoms with Crippen molar-refractivity contribution in [2.75, 3.05) is 32.2 Å². The molecule has 29 heavy (non-hydrogen) atoms. The molecule has 2 fully saturated rings. The fourth-order valence-electron chi connectivity index (χ4n) is 5.45. The second-order valence-electron chi connectivity index (χ2n) is 8.87. The van der Waals surface area contributed by atoms with Crippen LogP contribution in [-0.4, -0.2) is 43.8 Å². The third kappa shape index (κ3) is 3.80. The van der Waals surface area contributed by atoms with Crippen LogP contribution in [-0.2, 0) is 6.54 Å². The minimum Gasteiger partial charge on any atom is -0.493 e. The number of methoxy groups -OCH3 is 2. The van der Waals surface area contributed by atoms with Crippen molar-refractivity contribution in [2.24, 2.45) is 5.92 Å². The molecule has 0 spiro atoms. The maximum absolute atomic E-state index is 13.9. The molecule has 0 unspecified atom stereocenters. The van der Waals surface area contributed by atoms with E-state index in [4.69, 9.17) is 9.47 Å². The van der Waals surface area contributed by atoms with Gasteiger partial charge in [-0.1, -0.05) is 18.2 Å². The largest absolute Gasteiger partial charge is 0.493 e. The SMILES string of the molecule is COc1cccc(CN2CC[C@H]3[C@@H](C2)CC(C)(C)N3c2cccc(F)c2)c1OC. The van der Waals surface area contributed by atoms with Crippen LogP contribution in [0.2, 0.25) is 0 Å². The third-order valence-corrected chi connectivity index (χ3v) is 6.49. The van der Waals surface area contributed by atoms with Gasteiger partial charge in [0.25, 0.3) is 0 Å². The van der Waals surface area contributed by atoms with Crippen LogP contribution >= 0.6 is 0 Å². The van der Waals surface area contributed by atoms with Gasteiger partial charge in [0.1, 0.15) is 5.82 Å². The molecule has 2 aliphatic rings. The van der Waals surface area contributed by atoms with Crippen LogP contribution < -0.4 is 14.4 Å². The first kappa shape index (κ1) is 20.0. The molecule has 2 aromatic rings. The predicted molar refractivity (Wildman–Crippen MR) is 114 cm³/mol. The zero-order valence-corrected chi connectivity index (χ0v) is 17.8. The standard InChI is InChI=1S/C24H31FN2O2/c1-24(2)14-18-16-26(15-17-7-5-10-22(28-3)23(17)29-4)12-11-21(18)27(24)20-9-6-8-19(25)13-20/h5-10,13,18,21H,11-12,14-16H2,1-4H3/t18-,21+/m1/s1. The number of rotatable bonds is 5. The molecule has 0 aromatic heterocycles. The lowest BCUT2D eigenvalue weighted by molar-refractivity contribution is 0.159. The molecule has 0 radical (unpaired) electrons. The summed E-state index contributed by atoms with van der Waals surface area (Å²) in [5.41, 5.74) is 2.18. The summed E-state index contributed by atoms with van der Waals surface area (Å²) in [4.78, 5) is 4.98. The van der Waals surface area contributed by atoms with E-state index >= 15 is 0 Å². The lowest BCUT2D eigenvalue weighted by Crippen LogP contribution is -2.48. The van der Waals surface area contributed by atoms with Crippen molar-refractivity contribution in [1.29, 1.82) is 0 Å². The number of piperidine rings is 1. The highest BCUT2D eigenvalue weighted by atomic mass is 19.1. The molecule has 0 aliphatic carbocycles. The third-order valence-electron chi connectivity index (χ3n) is 6.49. The van der Waals surface area contributed by atoms with Gasteiger partial charge >= 0.3 is 0 Å². The Bertz CT molecular complexity index is 870. The molecule has 2 aliphatic heterocycles. The lowest BCUT2D eigenvalue weighted by Gasteiger charge is -2.42. The van der Waals surface area contributed by atoms with E-state index in [2.05, 4.69) is 29.7 Å². The number of hydrogen-bond donors (Lipinski definition) is 0. The summed E-state index contributed by atoms with van der Waals surface area (Å²) in [6, 6.07) is 13.6. The molecule has 4 nitrogen and oxygen atoms in total. The number of hydrogen-bond acceptors (Lipinski definition) is 4. The highest BCUT2D eigenvalue weighted by Crippen LogP contribution is 2.45. The smallest absolute Gasteiger partial charge is 0.165 e. The average Bonchev–Trinajstić information content (AvgIpc) is 2.96. The molecule has 0 saturated carbocycles.